The molecule has 0 saturated carbocycles. The van der Waals surface area contributed by atoms with Gasteiger partial charge in [0.25, 0.3) is 0 Å². The zero-order valence-corrected chi connectivity index (χ0v) is 39.6. The fourth-order valence-electron chi connectivity index (χ4n) is 9.69. The summed E-state index contributed by atoms with van der Waals surface area (Å²) in [4.78, 5) is 2.49. The fourth-order valence-corrected chi connectivity index (χ4v) is 9.69. The zero-order chi connectivity index (χ0) is 45.7. The van der Waals surface area contributed by atoms with Crippen LogP contribution in [-0.2, 0) is 5.41 Å². The van der Waals surface area contributed by atoms with E-state index in [1.807, 2.05) is 27.7 Å². The first-order valence-electron chi connectivity index (χ1n) is 23.4. The number of rotatable bonds is 8. The molecule has 1 aliphatic rings. The summed E-state index contributed by atoms with van der Waals surface area (Å²) in [6, 6.07) is 76.0. The Hall–Kier alpha value is -7.22. The summed E-state index contributed by atoms with van der Waals surface area (Å²) in [6.07, 6.45) is 0. The molecule has 0 amide bonds. The van der Waals surface area contributed by atoms with Gasteiger partial charge in [0.2, 0.25) is 0 Å². The van der Waals surface area contributed by atoms with E-state index in [4.69, 9.17) is 0 Å². The maximum atomic E-state index is 2.49. The Balaban J connectivity index is 0.00000140. The maximum Gasteiger partial charge on any atom is 0.0543 e. The second-order valence-corrected chi connectivity index (χ2v) is 17.1. The van der Waals surface area contributed by atoms with Crippen molar-refractivity contribution in [1.82, 2.24) is 0 Å². The van der Waals surface area contributed by atoms with E-state index in [0.717, 1.165) is 17.1 Å². The Bertz CT molecular complexity index is 3010. The smallest absolute Gasteiger partial charge is 0.0543 e. The van der Waals surface area contributed by atoms with Crippen LogP contribution >= 0.6 is 0 Å². The summed E-state index contributed by atoms with van der Waals surface area (Å²) in [5, 5.41) is 0. The number of aryl methyl sites for hydroxylation is 2. The van der Waals surface area contributed by atoms with Crippen LogP contribution in [0, 0.1) is 20.8 Å². The Labute approximate surface area is 388 Å². The van der Waals surface area contributed by atoms with Gasteiger partial charge < -0.3 is 4.90 Å². The molecule has 9 aromatic carbocycles. The van der Waals surface area contributed by atoms with Crippen molar-refractivity contribution in [2.45, 2.75) is 67.7 Å². The average molecular weight is 844 g/mol. The van der Waals surface area contributed by atoms with Gasteiger partial charge in [-0.3, -0.25) is 0 Å². The van der Waals surface area contributed by atoms with Crippen molar-refractivity contribution in [3.05, 3.63) is 234 Å². The highest BCUT2D eigenvalue weighted by molar-refractivity contribution is 5.96. The normalized spacial score (nSPS) is 11.9. The molecule has 0 saturated heterocycles. The first-order chi connectivity index (χ1) is 31.8. The molecule has 0 bridgehead atoms. The third-order valence-electron chi connectivity index (χ3n) is 13.0. The SMILES string of the molecule is CC.CC.Cc1ccccc1-c1ccc(N(c2ccc(-c3ccc4c(c3)C(C)(C)c3ccccc3-4)cc2)c2cc(-c3ccccc3)cc(-c3ccccc3)c2)c(-c2ccccc2C)c1C. The van der Waals surface area contributed by atoms with Crippen LogP contribution in [0.15, 0.2) is 206 Å². The van der Waals surface area contributed by atoms with Crippen LogP contribution in [0.1, 0.15) is 69.4 Å². The molecule has 322 valence electrons. The van der Waals surface area contributed by atoms with Crippen LogP contribution in [0.3, 0.4) is 0 Å². The fraction of sp³-hybridized carbons (Fsp3) is 0.156. The summed E-state index contributed by atoms with van der Waals surface area (Å²) >= 11 is 0. The predicted octanol–water partition coefficient (Wildman–Crippen LogP) is 18.8. The quantitative estimate of drug-likeness (QED) is 0.147. The molecule has 9 aromatic rings. The molecular formula is C64H61N. The average Bonchev–Trinajstić information content (AvgIpc) is 3.59. The van der Waals surface area contributed by atoms with Crippen molar-refractivity contribution in [3.63, 3.8) is 0 Å². The molecule has 10 rings (SSSR count). The molecule has 0 unspecified atom stereocenters. The van der Waals surface area contributed by atoms with Crippen molar-refractivity contribution in [2.75, 3.05) is 4.90 Å². The minimum Gasteiger partial charge on any atom is -0.310 e. The molecule has 0 heterocycles. The van der Waals surface area contributed by atoms with Crippen molar-refractivity contribution in [1.29, 1.82) is 0 Å². The van der Waals surface area contributed by atoms with E-state index in [1.165, 1.54) is 94.6 Å². The van der Waals surface area contributed by atoms with Gasteiger partial charge in [-0.25, -0.2) is 0 Å². The van der Waals surface area contributed by atoms with E-state index in [0.29, 0.717) is 0 Å². The van der Waals surface area contributed by atoms with Gasteiger partial charge in [-0.2, -0.15) is 0 Å². The monoisotopic (exact) mass is 843 g/mol. The minimum absolute atomic E-state index is 0.0623. The molecule has 0 aromatic heterocycles. The van der Waals surface area contributed by atoms with Crippen LogP contribution in [0.25, 0.3) is 66.8 Å². The number of hydrogen-bond acceptors (Lipinski definition) is 1. The second-order valence-electron chi connectivity index (χ2n) is 17.1. The lowest BCUT2D eigenvalue weighted by Gasteiger charge is -2.31. The third kappa shape index (κ3) is 8.48. The molecule has 0 N–H and O–H groups in total. The van der Waals surface area contributed by atoms with Gasteiger partial charge in [-0.15, -0.1) is 0 Å². The predicted molar refractivity (Wildman–Crippen MR) is 283 cm³/mol. The molecule has 0 spiro atoms. The van der Waals surface area contributed by atoms with Gasteiger partial charge in [-0.05, 0) is 152 Å². The van der Waals surface area contributed by atoms with Crippen LogP contribution in [0.5, 0.6) is 0 Å². The van der Waals surface area contributed by atoms with Gasteiger partial charge in [-0.1, -0.05) is 205 Å². The van der Waals surface area contributed by atoms with E-state index in [9.17, 15) is 0 Å². The summed E-state index contributed by atoms with van der Waals surface area (Å²) in [5.41, 5.74) is 24.6. The minimum atomic E-state index is -0.0623. The van der Waals surface area contributed by atoms with E-state index >= 15 is 0 Å². The number of benzene rings is 9. The molecule has 0 fully saturated rings. The zero-order valence-electron chi connectivity index (χ0n) is 39.6. The topological polar surface area (TPSA) is 3.24 Å². The van der Waals surface area contributed by atoms with E-state index in [2.05, 4.69) is 246 Å². The Morgan fingerprint density at radius 1 is 0.323 bits per heavy atom. The lowest BCUT2D eigenvalue weighted by Crippen LogP contribution is -2.14. The largest absolute Gasteiger partial charge is 0.310 e. The van der Waals surface area contributed by atoms with Crippen molar-refractivity contribution < 1.29 is 0 Å². The number of anilines is 3. The van der Waals surface area contributed by atoms with Gasteiger partial charge in [0.05, 0.1) is 5.69 Å². The van der Waals surface area contributed by atoms with Gasteiger partial charge in [0.1, 0.15) is 0 Å². The lowest BCUT2D eigenvalue weighted by atomic mass is 9.81. The summed E-state index contributed by atoms with van der Waals surface area (Å²) in [5.74, 6) is 0. The highest BCUT2D eigenvalue weighted by Gasteiger charge is 2.35. The number of nitrogens with zero attached hydrogens (tertiary/aromatic N) is 1. The molecule has 0 radical (unpaired) electrons. The lowest BCUT2D eigenvalue weighted by molar-refractivity contribution is 0.660. The number of fused-ring (bicyclic) bond motifs is 3. The Kier molecular flexibility index (Phi) is 13.2. The highest BCUT2D eigenvalue weighted by atomic mass is 15.1. The third-order valence-corrected chi connectivity index (χ3v) is 13.0. The van der Waals surface area contributed by atoms with Crippen molar-refractivity contribution >= 4 is 17.1 Å². The second kappa shape index (κ2) is 19.3. The summed E-state index contributed by atoms with van der Waals surface area (Å²) < 4.78 is 0. The maximum absolute atomic E-state index is 2.49. The van der Waals surface area contributed by atoms with Crippen molar-refractivity contribution in [2.24, 2.45) is 0 Å². The van der Waals surface area contributed by atoms with Crippen LogP contribution in [0.2, 0.25) is 0 Å². The molecule has 0 atom stereocenters. The van der Waals surface area contributed by atoms with Gasteiger partial charge in [0.15, 0.2) is 0 Å². The van der Waals surface area contributed by atoms with Crippen LogP contribution in [0.4, 0.5) is 17.1 Å². The first-order valence-corrected chi connectivity index (χ1v) is 23.4. The highest BCUT2D eigenvalue weighted by Crippen LogP contribution is 2.51. The van der Waals surface area contributed by atoms with Crippen molar-refractivity contribution in [3.8, 4) is 66.8 Å². The Morgan fingerprint density at radius 3 is 1.37 bits per heavy atom. The molecule has 1 aliphatic carbocycles. The molecular weight excluding hydrogens is 783 g/mol. The standard InChI is InChI=1S/C60H49N.2C2H6/c1-40-18-12-14-24-51(40)53-34-35-58(59(42(53)3)52-25-15-13-19-41(52)2)61(50-37-47(43-20-8-6-9-21-43)36-48(38-50)44-22-10-7-11-23-44)49-31-28-45(29-32-49)46-30-33-55-54-26-16-17-27-56(54)60(4,5)57(55)39-46;2*1-2/h6-39H,1-5H3;2*1-2H3. The van der Waals surface area contributed by atoms with Crippen LogP contribution in [-0.4, -0.2) is 0 Å². The van der Waals surface area contributed by atoms with Gasteiger partial charge >= 0.3 is 0 Å². The molecule has 1 nitrogen and oxygen atoms in total. The number of hydrogen-bond donors (Lipinski definition) is 0. The van der Waals surface area contributed by atoms with E-state index < -0.39 is 0 Å². The molecule has 65 heavy (non-hydrogen) atoms. The summed E-state index contributed by atoms with van der Waals surface area (Å²) in [6.45, 7) is 19.5. The van der Waals surface area contributed by atoms with E-state index in [-0.39, 0.29) is 5.41 Å². The first kappa shape index (κ1) is 44.4. The van der Waals surface area contributed by atoms with Crippen LogP contribution < -0.4 is 4.90 Å². The summed E-state index contributed by atoms with van der Waals surface area (Å²) in [7, 11) is 0. The van der Waals surface area contributed by atoms with Gasteiger partial charge in [0, 0.05) is 22.4 Å². The molecule has 1 heteroatoms. The van der Waals surface area contributed by atoms with E-state index in [1.54, 1.807) is 0 Å². The molecule has 0 aliphatic heterocycles. The Morgan fingerprint density at radius 2 is 0.785 bits per heavy atom.